The molecule has 0 bridgehead atoms. The maximum Gasteiger partial charge on any atom is 0.130 e. The molecular weight excluding hydrogens is 384 g/mol. The lowest BCUT2D eigenvalue weighted by Gasteiger charge is -2.21. The second-order valence-corrected chi connectivity index (χ2v) is 6.63. The predicted molar refractivity (Wildman–Crippen MR) is 110 cm³/mol. The molecule has 1 unspecified atom stereocenters. The summed E-state index contributed by atoms with van der Waals surface area (Å²) in [6.45, 7) is 1.81. The Bertz CT molecular complexity index is 975. The van der Waals surface area contributed by atoms with Crippen LogP contribution in [-0.2, 0) is 11.4 Å². The summed E-state index contributed by atoms with van der Waals surface area (Å²) in [5, 5.41) is 11.3. The number of hydrogen-bond donors (Lipinski definition) is 0. The van der Waals surface area contributed by atoms with Crippen LogP contribution < -0.4 is 24.1 Å². The fourth-order valence-electron chi connectivity index (χ4n) is 3.03. The molecule has 0 saturated carbocycles. The van der Waals surface area contributed by atoms with Crippen LogP contribution in [-0.4, -0.2) is 20.2 Å². The van der Waals surface area contributed by atoms with Crippen LogP contribution >= 0.6 is 0 Å². The van der Waals surface area contributed by atoms with E-state index in [1.165, 1.54) is 21.1 Å². The molecule has 1 atom stereocenters. The van der Waals surface area contributed by atoms with Crippen molar-refractivity contribution >= 4 is 5.97 Å². The molecule has 3 rings (SSSR count). The third-order valence-electron chi connectivity index (χ3n) is 4.59. The van der Waals surface area contributed by atoms with Crippen LogP contribution in [0.25, 0.3) is 0 Å². The molecule has 0 N–H and O–H groups in total. The molecule has 0 aliphatic carbocycles. The zero-order valence-corrected chi connectivity index (χ0v) is 17.1. The van der Waals surface area contributed by atoms with Crippen LogP contribution in [0, 0.1) is 0 Å². The van der Waals surface area contributed by atoms with E-state index in [9.17, 15) is 9.90 Å². The van der Waals surface area contributed by atoms with Crippen LogP contribution in [0.5, 0.6) is 28.7 Å². The third kappa shape index (κ3) is 5.03. The molecule has 0 saturated heterocycles. The monoisotopic (exact) mass is 407 g/mol. The van der Waals surface area contributed by atoms with Crippen molar-refractivity contribution < 1.29 is 28.8 Å². The molecule has 0 aromatic heterocycles. The van der Waals surface area contributed by atoms with E-state index in [1.807, 2.05) is 54.6 Å². The SMILES string of the molecule is COc1cc(OCc2cccc(Oc3ccccc3)c2)cc(OC)c1C(C)C(=O)[O-]. The molecule has 0 heterocycles. The van der Waals surface area contributed by atoms with E-state index in [4.69, 9.17) is 18.9 Å². The average Bonchev–Trinajstić information content (AvgIpc) is 2.77. The van der Waals surface area contributed by atoms with Gasteiger partial charge in [-0.25, -0.2) is 0 Å². The number of carboxylic acids is 1. The van der Waals surface area contributed by atoms with E-state index in [0.29, 0.717) is 28.6 Å². The van der Waals surface area contributed by atoms with Gasteiger partial charge in [-0.1, -0.05) is 37.3 Å². The number of carbonyl (C=O) groups excluding carboxylic acids is 1. The number of aliphatic carboxylic acids is 1. The highest BCUT2D eigenvalue weighted by molar-refractivity contribution is 5.76. The van der Waals surface area contributed by atoms with Crippen molar-refractivity contribution in [3.63, 3.8) is 0 Å². The lowest BCUT2D eigenvalue weighted by atomic mass is 9.98. The molecular formula is C24H23O6-. The highest BCUT2D eigenvalue weighted by Crippen LogP contribution is 2.39. The predicted octanol–water partition coefficient (Wildman–Crippen LogP) is 3.93. The normalized spacial score (nSPS) is 11.4. The van der Waals surface area contributed by atoms with Gasteiger partial charge in [0.2, 0.25) is 0 Å². The molecule has 0 spiro atoms. The summed E-state index contributed by atoms with van der Waals surface area (Å²) < 4.78 is 22.5. The van der Waals surface area contributed by atoms with Gasteiger partial charge in [-0.2, -0.15) is 0 Å². The number of hydrogen-bond acceptors (Lipinski definition) is 6. The number of benzene rings is 3. The molecule has 0 aliphatic heterocycles. The number of rotatable bonds is 9. The first-order valence-electron chi connectivity index (χ1n) is 9.43. The fraction of sp³-hybridized carbons (Fsp3) is 0.208. The summed E-state index contributed by atoms with van der Waals surface area (Å²) in [4.78, 5) is 11.3. The first-order valence-corrected chi connectivity index (χ1v) is 9.43. The van der Waals surface area contributed by atoms with Gasteiger partial charge in [0.05, 0.1) is 14.2 Å². The zero-order chi connectivity index (χ0) is 21.5. The Labute approximate surface area is 175 Å². The van der Waals surface area contributed by atoms with E-state index >= 15 is 0 Å². The Morgan fingerprint density at radius 2 is 1.50 bits per heavy atom. The van der Waals surface area contributed by atoms with E-state index in [1.54, 1.807) is 12.1 Å². The largest absolute Gasteiger partial charge is 0.550 e. The smallest absolute Gasteiger partial charge is 0.130 e. The van der Waals surface area contributed by atoms with Crippen LogP contribution in [0.15, 0.2) is 66.7 Å². The van der Waals surface area contributed by atoms with Crippen LogP contribution in [0.4, 0.5) is 0 Å². The molecule has 0 amide bonds. The first-order chi connectivity index (χ1) is 14.5. The first kappa shape index (κ1) is 21.0. The van der Waals surface area contributed by atoms with Crippen molar-refractivity contribution in [3.05, 3.63) is 77.9 Å². The van der Waals surface area contributed by atoms with Crippen LogP contribution in [0.2, 0.25) is 0 Å². The molecule has 30 heavy (non-hydrogen) atoms. The minimum atomic E-state index is -1.21. The molecule has 6 nitrogen and oxygen atoms in total. The minimum Gasteiger partial charge on any atom is -0.550 e. The van der Waals surface area contributed by atoms with Crippen molar-refractivity contribution in [1.29, 1.82) is 0 Å². The van der Waals surface area contributed by atoms with Gasteiger partial charge in [-0.3, -0.25) is 0 Å². The minimum absolute atomic E-state index is 0.285. The summed E-state index contributed by atoms with van der Waals surface area (Å²) in [7, 11) is 2.93. The molecule has 0 radical (unpaired) electrons. The standard InChI is InChI=1S/C24H24O6/c1-16(24(25)26)23-21(27-2)13-20(14-22(23)28-3)29-15-17-8-7-11-19(12-17)30-18-9-5-4-6-10-18/h4-14,16H,15H2,1-3H3,(H,25,26)/p-1. The van der Waals surface area contributed by atoms with E-state index < -0.39 is 11.9 Å². The maximum absolute atomic E-state index is 11.3. The number of carboxylic acid groups (broad SMARTS) is 1. The third-order valence-corrected chi connectivity index (χ3v) is 4.59. The molecule has 3 aromatic carbocycles. The second-order valence-electron chi connectivity index (χ2n) is 6.63. The van der Waals surface area contributed by atoms with Gasteiger partial charge in [-0.15, -0.1) is 0 Å². The van der Waals surface area contributed by atoms with E-state index in [-0.39, 0.29) is 6.61 Å². The summed E-state index contributed by atoms with van der Waals surface area (Å²) in [6, 6.07) is 20.4. The van der Waals surface area contributed by atoms with Gasteiger partial charge in [-0.05, 0) is 29.8 Å². The van der Waals surface area contributed by atoms with Crippen molar-refractivity contribution in [2.24, 2.45) is 0 Å². The molecule has 3 aromatic rings. The van der Waals surface area contributed by atoms with Crippen LogP contribution in [0.3, 0.4) is 0 Å². The molecule has 156 valence electrons. The Hall–Kier alpha value is -3.67. The topological polar surface area (TPSA) is 77.0 Å². The highest BCUT2D eigenvalue weighted by Gasteiger charge is 2.20. The van der Waals surface area contributed by atoms with Crippen molar-refractivity contribution in [3.8, 4) is 28.7 Å². The number of carbonyl (C=O) groups is 1. The Morgan fingerprint density at radius 1 is 0.867 bits per heavy atom. The lowest BCUT2D eigenvalue weighted by molar-refractivity contribution is -0.307. The number of para-hydroxylation sites is 1. The zero-order valence-electron chi connectivity index (χ0n) is 17.1. The molecule has 0 aliphatic rings. The van der Waals surface area contributed by atoms with E-state index in [0.717, 1.165) is 11.3 Å². The van der Waals surface area contributed by atoms with Gasteiger partial charge in [0, 0.05) is 29.6 Å². The van der Waals surface area contributed by atoms with Gasteiger partial charge >= 0.3 is 0 Å². The summed E-state index contributed by atoms with van der Waals surface area (Å²) in [6.07, 6.45) is 0. The average molecular weight is 407 g/mol. The Morgan fingerprint density at radius 3 is 2.10 bits per heavy atom. The Kier molecular flexibility index (Phi) is 6.80. The molecule has 6 heteroatoms. The van der Waals surface area contributed by atoms with Crippen LogP contribution in [0.1, 0.15) is 24.0 Å². The van der Waals surface area contributed by atoms with Gasteiger partial charge in [0.15, 0.2) is 0 Å². The van der Waals surface area contributed by atoms with Crippen molar-refractivity contribution in [2.45, 2.75) is 19.4 Å². The quantitative estimate of drug-likeness (QED) is 0.535. The lowest BCUT2D eigenvalue weighted by Crippen LogP contribution is -2.28. The Balaban J connectivity index is 1.77. The fourth-order valence-corrected chi connectivity index (χ4v) is 3.03. The second kappa shape index (κ2) is 9.69. The molecule has 0 fully saturated rings. The maximum atomic E-state index is 11.3. The van der Waals surface area contributed by atoms with Gasteiger partial charge in [0.1, 0.15) is 35.4 Å². The van der Waals surface area contributed by atoms with Gasteiger partial charge in [0.25, 0.3) is 0 Å². The van der Waals surface area contributed by atoms with Crippen molar-refractivity contribution in [1.82, 2.24) is 0 Å². The number of ether oxygens (including phenoxy) is 4. The summed E-state index contributed by atoms with van der Waals surface area (Å²) in [5.41, 5.74) is 1.32. The van der Waals surface area contributed by atoms with Crippen molar-refractivity contribution in [2.75, 3.05) is 14.2 Å². The van der Waals surface area contributed by atoms with E-state index in [2.05, 4.69) is 0 Å². The van der Waals surface area contributed by atoms with Gasteiger partial charge < -0.3 is 28.8 Å². The number of methoxy groups -OCH3 is 2. The highest BCUT2D eigenvalue weighted by atomic mass is 16.5. The summed E-state index contributed by atoms with van der Waals surface area (Å²) >= 11 is 0. The summed E-state index contributed by atoms with van der Waals surface area (Å²) in [5.74, 6) is 0.571.